The van der Waals surface area contributed by atoms with Crippen molar-refractivity contribution in [2.75, 3.05) is 5.73 Å². The van der Waals surface area contributed by atoms with E-state index in [4.69, 9.17) is 22.9 Å². The average Bonchev–Trinajstić information content (AvgIpc) is 2.71. The average molecular weight is 641 g/mol. The molecule has 0 aromatic heterocycles. The van der Waals surface area contributed by atoms with Crippen molar-refractivity contribution in [3.63, 3.8) is 0 Å². The van der Waals surface area contributed by atoms with Gasteiger partial charge in [0.15, 0.2) is 4.75 Å². The molecule has 1 atom stereocenters. The number of hydrogen-bond acceptors (Lipinski definition) is 8. The smallest absolute Gasteiger partial charge is 0.295 e. The zero-order chi connectivity index (χ0) is 25.6. The molecule has 12 nitrogen and oxygen atoms in total. The summed E-state index contributed by atoms with van der Waals surface area (Å²) in [5.41, 5.74) is 20.3. The maximum Gasteiger partial charge on any atom is 0.295 e. The van der Waals surface area contributed by atoms with E-state index in [1.807, 2.05) is 0 Å². The second kappa shape index (κ2) is 10.4. The molecule has 35 heavy (non-hydrogen) atoms. The van der Waals surface area contributed by atoms with Gasteiger partial charge < -0.3 is 22.9 Å². The Hall–Kier alpha value is -1.67. The number of carbonyl (C=O) groups is 2. The minimum absolute atomic E-state index is 0. The zero-order valence-corrected chi connectivity index (χ0v) is 26.2. The maximum atomic E-state index is 13.0. The van der Waals surface area contributed by atoms with Gasteiger partial charge >= 0.3 is 0 Å². The van der Waals surface area contributed by atoms with Gasteiger partial charge in [-0.1, -0.05) is 12.1 Å². The molecule has 2 aromatic carbocycles. The van der Waals surface area contributed by atoms with E-state index in [0.29, 0.717) is 0 Å². The van der Waals surface area contributed by atoms with Gasteiger partial charge in [0.25, 0.3) is 20.2 Å². The second-order valence-electron chi connectivity index (χ2n) is 7.52. The van der Waals surface area contributed by atoms with Crippen LogP contribution in [0, 0.1) is 0 Å². The molecule has 1 radical (unpaired) electrons. The molecule has 0 spiro atoms. The molecule has 10 N–H and O–H groups in total. The third-order valence-corrected chi connectivity index (χ3v) is 7.73. The maximum absolute atomic E-state index is 13.0. The Morgan fingerprint density at radius 2 is 1.51 bits per heavy atom. The number of nitrogens with two attached hydrogens (primary N) is 4. The number of primary amides is 2. The van der Waals surface area contributed by atoms with E-state index in [-0.39, 0.29) is 97.0 Å². The van der Waals surface area contributed by atoms with Crippen molar-refractivity contribution in [2.24, 2.45) is 17.2 Å². The van der Waals surface area contributed by atoms with Crippen LogP contribution in [0.25, 0.3) is 5.57 Å². The Balaban J connectivity index is 0.00000432. The van der Waals surface area contributed by atoms with Crippen molar-refractivity contribution in [2.45, 2.75) is 16.1 Å². The van der Waals surface area contributed by atoms with Crippen LogP contribution in [-0.4, -0.2) is 107 Å². The van der Waals surface area contributed by atoms with Crippen LogP contribution in [0.4, 0.5) is 5.69 Å². The van der Waals surface area contributed by atoms with Gasteiger partial charge in [-0.25, -0.2) is 0 Å². The Morgan fingerprint density at radius 3 is 2.03 bits per heavy atom. The first-order valence-corrected chi connectivity index (χ1v) is 12.2. The molecule has 2 aromatic rings. The van der Waals surface area contributed by atoms with Crippen LogP contribution in [0.2, 0.25) is 0 Å². The molecule has 1 aliphatic carbocycles. The first-order valence-electron chi connectivity index (χ1n) is 9.35. The summed E-state index contributed by atoms with van der Waals surface area (Å²) >= 11 is 0. The molecule has 0 saturated carbocycles. The summed E-state index contributed by atoms with van der Waals surface area (Å²) < 4.78 is 68.0. The second-order valence-corrected chi connectivity index (χ2v) is 10.6. The van der Waals surface area contributed by atoms with E-state index in [2.05, 4.69) is 0 Å². The molecule has 0 heterocycles. The van der Waals surface area contributed by atoms with Gasteiger partial charge in [0.05, 0.1) is 0 Å². The van der Waals surface area contributed by atoms with Crippen molar-refractivity contribution in [1.29, 1.82) is 0 Å². The summed E-state index contributed by atoms with van der Waals surface area (Å²) in [6.07, 6.45) is 1.69. The Labute approximate surface area is 259 Å². The van der Waals surface area contributed by atoms with E-state index >= 15 is 0 Å². The van der Waals surface area contributed by atoms with E-state index in [9.17, 15) is 35.5 Å². The van der Waals surface area contributed by atoms with Gasteiger partial charge in [0, 0.05) is 103 Å². The predicted molar refractivity (Wildman–Crippen MR) is 128 cm³/mol. The minimum Gasteiger partial charge on any atom is -0.402 e. The van der Waals surface area contributed by atoms with Crippen molar-refractivity contribution in [3.05, 3.63) is 76.5 Å². The normalized spacial score (nSPS) is 18.1. The molecule has 15 heteroatoms. The monoisotopic (exact) mass is 641 g/mol. The largest absolute Gasteiger partial charge is 0.402 e. The fourth-order valence-corrected chi connectivity index (χ4v) is 5.90. The van der Waals surface area contributed by atoms with Gasteiger partial charge in [-0.05, 0) is 47.5 Å². The summed E-state index contributed by atoms with van der Waals surface area (Å²) in [5, 5.41) is 0. The summed E-state index contributed by atoms with van der Waals surface area (Å²) in [6, 6.07) is 6.35. The molecular formula is C20H20CsN4O8S2. The summed E-state index contributed by atoms with van der Waals surface area (Å²) in [5.74, 6) is -2.10. The molecule has 0 fully saturated rings. The van der Waals surface area contributed by atoms with Crippen molar-refractivity contribution in [1.82, 2.24) is 0 Å². The standard InChI is InChI=1S/C20H20N4O8S2.Cs/c21-11-2-5-13(17(8-11)33(27,28)29)15-6-3-12(22)9-20(15,34(30,31)32)16-7-10(18(23)25)1-4-14(16)19(24)26;/h1-8H,9,21-22H2,(H2,23,25)(H2,24,26)(H,27,28,29)(H,30,31,32);. The molecule has 1 unspecified atom stereocenters. The van der Waals surface area contributed by atoms with Gasteiger partial charge in [-0.3, -0.25) is 18.7 Å². The van der Waals surface area contributed by atoms with Crippen LogP contribution in [0.5, 0.6) is 0 Å². The predicted octanol–water partition coefficient (Wildman–Crippen LogP) is -0.254. The van der Waals surface area contributed by atoms with E-state index in [1.165, 1.54) is 12.1 Å². The molecule has 0 bridgehead atoms. The third-order valence-electron chi connectivity index (χ3n) is 5.37. The number of anilines is 1. The summed E-state index contributed by atoms with van der Waals surface area (Å²) in [6.45, 7) is 0. The molecule has 0 aliphatic heterocycles. The molecule has 181 valence electrons. The fourth-order valence-electron chi connectivity index (χ4n) is 3.90. The molecule has 1 aliphatic rings. The van der Waals surface area contributed by atoms with Gasteiger partial charge in [-0.2, -0.15) is 16.8 Å². The quantitative estimate of drug-likeness (QED) is 0.178. The molecular weight excluding hydrogens is 621 g/mol. The van der Waals surface area contributed by atoms with Crippen LogP contribution in [-0.2, 0) is 25.0 Å². The van der Waals surface area contributed by atoms with Crippen molar-refractivity contribution in [3.8, 4) is 0 Å². The number of amides is 2. The Bertz CT molecular complexity index is 1520. The van der Waals surface area contributed by atoms with E-state index in [1.54, 1.807) is 0 Å². The van der Waals surface area contributed by atoms with Crippen LogP contribution in [0.1, 0.15) is 38.3 Å². The van der Waals surface area contributed by atoms with Crippen molar-refractivity contribution < 1.29 is 35.5 Å². The number of carbonyl (C=O) groups excluding carboxylic acids is 2. The number of rotatable bonds is 6. The summed E-state index contributed by atoms with van der Waals surface area (Å²) in [7, 11) is -10.3. The van der Waals surface area contributed by atoms with Crippen LogP contribution >= 0.6 is 0 Å². The fraction of sp³-hybridized carbons (Fsp3) is 0.100. The topological polar surface area (TPSA) is 247 Å². The first-order chi connectivity index (χ1) is 15.6. The number of hydrogen-bond donors (Lipinski definition) is 6. The van der Waals surface area contributed by atoms with Crippen molar-refractivity contribution >= 4 is 112 Å². The van der Waals surface area contributed by atoms with E-state index in [0.717, 1.165) is 36.4 Å². The number of allylic oxidation sites excluding steroid dienone is 3. The van der Waals surface area contributed by atoms with E-state index < -0.39 is 59.2 Å². The third kappa shape index (κ3) is 5.53. The zero-order valence-electron chi connectivity index (χ0n) is 18.3. The minimum atomic E-state index is -5.30. The van der Waals surface area contributed by atoms with Crippen LogP contribution < -0.4 is 22.9 Å². The van der Waals surface area contributed by atoms with Gasteiger partial charge in [-0.15, -0.1) is 0 Å². The molecule has 0 saturated heterocycles. The number of nitrogen functional groups attached to an aromatic ring is 1. The summed E-state index contributed by atoms with van der Waals surface area (Å²) in [4.78, 5) is 23.3. The molecule has 3 rings (SSSR count). The Morgan fingerprint density at radius 1 is 0.886 bits per heavy atom. The van der Waals surface area contributed by atoms with Crippen LogP contribution in [0.15, 0.2) is 59.1 Å². The SMILES string of the molecule is NC(=O)c1ccc(C(N)=O)c(C2(S(=O)(=O)O)CC(N)=CC=C2c2ccc(N)cc2S(=O)(=O)O)c1.[Cs]. The number of benzene rings is 2. The van der Waals surface area contributed by atoms with Gasteiger partial charge in [0.1, 0.15) is 4.90 Å². The Kier molecular flexibility index (Phi) is 8.76. The molecule has 2 amide bonds. The van der Waals surface area contributed by atoms with Gasteiger partial charge in [0.2, 0.25) is 11.8 Å². The first kappa shape index (κ1) is 29.6. The van der Waals surface area contributed by atoms with Crippen LogP contribution in [0.3, 0.4) is 0 Å².